The second-order valence-corrected chi connectivity index (χ2v) is 12.3. The molecule has 0 N–H and O–H groups in total. The van der Waals surface area contributed by atoms with E-state index < -0.39 is 8.32 Å². The van der Waals surface area contributed by atoms with Crippen molar-refractivity contribution < 1.29 is 9.22 Å². The van der Waals surface area contributed by atoms with Crippen LogP contribution in [0, 0.1) is 0 Å². The fourth-order valence-corrected chi connectivity index (χ4v) is 3.40. The first-order chi connectivity index (χ1) is 10.1. The molecule has 2 aromatic rings. The molecule has 22 heavy (non-hydrogen) atoms. The molecule has 1 aromatic carbocycles. The van der Waals surface area contributed by atoms with Crippen molar-refractivity contribution in [2.75, 3.05) is 0 Å². The van der Waals surface area contributed by atoms with Crippen molar-refractivity contribution in [3.63, 3.8) is 0 Å². The first kappa shape index (κ1) is 17.0. The number of hydrogen-bond donors (Lipinski definition) is 0. The highest BCUT2D eigenvalue weighted by Crippen LogP contribution is 2.37. The topological polar surface area (TPSA) is 31.2 Å². The van der Waals surface area contributed by atoms with E-state index >= 15 is 0 Å². The zero-order chi connectivity index (χ0) is 16.7. The molecule has 0 aliphatic carbocycles. The Hall–Kier alpha value is -1.39. The highest BCUT2D eigenvalue weighted by Gasteiger charge is 2.37. The van der Waals surface area contributed by atoms with Gasteiger partial charge in [0.15, 0.2) is 14.1 Å². The van der Waals surface area contributed by atoms with E-state index in [1.807, 2.05) is 25.2 Å². The van der Waals surface area contributed by atoms with Gasteiger partial charge in [-0.25, -0.2) is 0 Å². The first-order valence-corrected chi connectivity index (χ1v) is 10.7. The summed E-state index contributed by atoms with van der Waals surface area (Å²) in [5.41, 5.74) is 2.87. The highest BCUT2D eigenvalue weighted by atomic mass is 28.4. The predicted octanol–water partition coefficient (Wildman–Crippen LogP) is 4.90. The van der Waals surface area contributed by atoms with Crippen LogP contribution < -0.4 is 0 Å². The SMILES string of the molecule is CC(=O)c1c(CO[Si](C)(C)C(C)(C)C)n(C)c2ccccc12. The number of para-hydroxylation sites is 1. The standard InChI is InChI=1S/C18H27NO2Si/c1-13(20)17-14-10-8-9-11-15(14)19(5)16(17)12-21-22(6,7)18(2,3)4/h8-11H,12H2,1-7H3. The smallest absolute Gasteiger partial charge is 0.192 e. The molecule has 0 aliphatic rings. The monoisotopic (exact) mass is 317 g/mol. The lowest BCUT2D eigenvalue weighted by molar-refractivity contribution is 0.101. The zero-order valence-electron chi connectivity index (χ0n) is 14.8. The molecule has 1 heterocycles. The maximum atomic E-state index is 12.2. The molecule has 0 bridgehead atoms. The third-order valence-electron chi connectivity index (χ3n) is 4.96. The lowest BCUT2D eigenvalue weighted by atomic mass is 10.1. The molecule has 2 rings (SSSR count). The van der Waals surface area contributed by atoms with Gasteiger partial charge in [0.1, 0.15) is 0 Å². The molecule has 4 heteroatoms. The van der Waals surface area contributed by atoms with Gasteiger partial charge in [0.25, 0.3) is 0 Å². The van der Waals surface area contributed by atoms with E-state index in [0.29, 0.717) is 6.61 Å². The fourth-order valence-electron chi connectivity index (χ4n) is 2.47. The van der Waals surface area contributed by atoms with E-state index in [0.717, 1.165) is 22.2 Å². The largest absolute Gasteiger partial charge is 0.411 e. The quantitative estimate of drug-likeness (QED) is 0.593. The molecule has 3 nitrogen and oxygen atoms in total. The minimum atomic E-state index is -1.84. The summed E-state index contributed by atoms with van der Waals surface area (Å²) < 4.78 is 8.44. The number of benzene rings is 1. The number of rotatable bonds is 4. The Morgan fingerprint density at radius 2 is 1.82 bits per heavy atom. The van der Waals surface area contributed by atoms with Gasteiger partial charge in [0, 0.05) is 23.5 Å². The molecule has 0 atom stereocenters. The van der Waals surface area contributed by atoms with Gasteiger partial charge in [-0.15, -0.1) is 0 Å². The second-order valence-electron chi connectivity index (χ2n) is 7.50. The lowest BCUT2D eigenvalue weighted by Crippen LogP contribution is -2.40. The van der Waals surface area contributed by atoms with Gasteiger partial charge < -0.3 is 8.99 Å². The lowest BCUT2D eigenvalue weighted by Gasteiger charge is -2.36. The van der Waals surface area contributed by atoms with Gasteiger partial charge >= 0.3 is 0 Å². The van der Waals surface area contributed by atoms with Crippen molar-refractivity contribution >= 4 is 25.0 Å². The van der Waals surface area contributed by atoms with Crippen LogP contribution in [-0.4, -0.2) is 18.7 Å². The summed E-state index contributed by atoms with van der Waals surface area (Å²) in [7, 11) is 0.171. The summed E-state index contributed by atoms with van der Waals surface area (Å²) in [6, 6.07) is 8.05. The molecule has 0 amide bonds. The summed E-state index contributed by atoms with van der Waals surface area (Å²) in [5.74, 6) is 0.102. The molecule has 120 valence electrons. The number of fused-ring (bicyclic) bond motifs is 1. The summed E-state index contributed by atoms with van der Waals surface area (Å²) in [5, 5.41) is 1.18. The number of carbonyl (C=O) groups excluding carboxylic acids is 1. The number of aromatic nitrogens is 1. The Bertz CT molecular complexity index is 708. The van der Waals surface area contributed by atoms with E-state index in [1.165, 1.54) is 0 Å². The number of Topliss-reactive ketones (excluding diaryl/α,β-unsaturated/α-hetero) is 1. The molecular formula is C18H27NO2Si. The van der Waals surface area contributed by atoms with Gasteiger partial charge in [-0.1, -0.05) is 39.0 Å². The first-order valence-electron chi connectivity index (χ1n) is 7.77. The van der Waals surface area contributed by atoms with Crippen LogP contribution in [0.1, 0.15) is 43.7 Å². The average Bonchev–Trinajstić information content (AvgIpc) is 2.69. The minimum absolute atomic E-state index is 0.102. The Labute approximate surface area is 134 Å². The average molecular weight is 318 g/mol. The third kappa shape index (κ3) is 2.90. The Morgan fingerprint density at radius 1 is 1.23 bits per heavy atom. The van der Waals surface area contributed by atoms with E-state index in [2.05, 4.69) is 44.5 Å². The highest BCUT2D eigenvalue weighted by molar-refractivity contribution is 6.74. The maximum Gasteiger partial charge on any atom is 0.192 e. The van der Waals surface area contributed by atoms with E-state index in [-0.39, 0.29) is 10.8 Å². The van der Waals surface area contributed by atoms with Gasteiger partial charge in [0.2, 0.25) is 0 Å². The van der Waals surface area contributed by atoms with Crippen LogP contribution in [0.15, 0.2) is 24.3 Å². The number of ketones is 1. The Morgan fingerprint density at radius 3 is 2.36 bits per heavy atom. The van der Waals surface area contributed by atoms with Crippen LogP contribution in [0.2, 0.25) is 18.1 Å². The van der Waals surface area contributed by atoms with Gasteiger partial charge in [0.05, 0.1) is 12.3 Å². The van der Waals surface area contributed by atoms with Gasteiger partial charge in [-0.3, -0.25) is 4.79 Å². The molecule has 0 spiro atoms. The maximum absolute atomic E-state index is 12.2. The predicted molar refractivity (Wildman–Crippen MR) is 94.9 cm³/mol. The van der Waals surface area contributed by atoms with Crippen LogP contribution in [-0.2, 0) is 18.1 Å². The van der Waals surface area contributed by atoms with Crippen LogP contribution in [0.5, 0.6) is 0 Å². The number of carbonyl (C=O) groups is 1. The van der Waals surface area contributed by atoms with E-state index in [9.17, 15) is 4.79 Å². The van der Waals surface area contributed by atoms with Crippen molar-refractivity contribution in [2.24, 2.45) is 7.05 Å². The molecule has 0 saturated carbocycles. The summed E-state index contributed by atoms with van der Waals surface area (Å²) in [4.78, 5) is 12.2. The van der Waals surface area contributed by atoms with E-state index in [4.69, 9.17) is 4.43 Å². The normalized spacial score (nSPS) is 12.9. The van der Waals surface area contributed by atoms with Crippen molar-refractivity contribution in [1.82, 2.24) is 4.57 Å². The van der Waals surface area contributed by atoms with Crippen LogP contribution in [0.3, 0.4) is 0 Å². The number of aryl methyl sites for hydroxylation is 1. The minimum Gasteiger partial charge on any atom is -0.411 e. The molecule has 0 unspecified atom stereocenters. The molecule has 0 saturated heterocycles. The van der Waals surface area contributed by atoms with Gasteiger partial charge in [-0.2, -0.15) is 0 Å². The third-order valence-corrected chi connectivity index (χ3v) is 9.43. The fraction of sp³-hybridized carbons (Fsp3) is 0.500. The van der Waals surface area contributed by atoms with Crippen molar-refractivity contribution in [1.29, 1.82) is 0 Å². The van der Waals surface area contributed by atoms with Crippen molar-refractivity contribution in [3.05, 3.63) is 35.5 Å². The van der Waals surface area contributed by atoms with Crippen LogP contribution >= 0.6 is 0 Å². The van der Waals surface area contributed by atoms with E-state index in [1.54, 1.807) is 6.92 Å². The van der Waals surface area contributed by atoms with Gasteiger partial charge in [-0.05, 0) is 31.1 Å². The van der Waals surface area contributed by atoms with Crippen molar-refractivity contribution in [2.45, 2.75) is 52.4 Å². The Balaban J connectivity index is 2.46. The number of hydrogen-bond acceptors (Lipinski definition) is 2. The second kappa shape index (κ2) is 5.67. The van der Waals surface area contributed by atoms with Crippen LogP contribution in [0.4, 0.5) is 0 Å². The molecule has 0 aliphatic heterocycles. The van der Waals surface area contributed by atoms with Crippen LogP contribution in [0.25, 0.3) is 10.9 Å². The zero-order valence-corrected chi connectivity index (χ0v) is 15.8. The molecule has 1 aromatic heterocycles. The Kier molecular flexibility index (Phi) is 4.37. The summed E-state index contributed by atoms with van der Waals surface area (Å²) in [6.45, 7) is 13.3. The molecule has 0 fully saturated rings. The molecular weight excluding hydrogens is 290 g/mol. The summed E-state index contributed by atoms with van der Waals surface area (Å²) >= 11 is 0. The number of nitrogens with zero attached hydrogens (tertiary/aromatic N) is 1. The summed E-state index contributed by atoms with van der Waals surface area (Å²) in [6.07, 6.45) is 0. The molecule has 0 radical (unpaired) electrons. The van der Waals surface area contributed by atoms with Crippen molar-refractivity contribution in [3.8, 4) is 0 Å².